The number of nitrogens with zero attached hydrogens (tertiary/aromatic N) is 3. The molecule has 2 aromatic carbocycles. The molecule has 9 nitrogen and oxygen atoms in total. The number of halogens is 3. The minimum absolute atomic E-state index is 0.0591. The second kappa shape index (κ2) is 10.1. The van der Waals surface area contributed by atoms with Gasteiger partial charge >= 0.3 is 18.2 Å². The number of aromatic amines is 1. The van der Waals surface area contributed by atoms with Crippen LogP contribution in [-0.4, -0.2) is 69.4 Å². The standard InChI is InChI=1S/C24H21N5O2.C2HF3O2/c30-24(29-10-12-31-13-11-29)28-22-16-5-2-1-4-15(16)21-17(22)6-3-7-18(21)23-26-19-8-9-25-14-20(19)27-23;3-2(4,5)1(6)7/h1-9,14,22H,10-13H2,(H,26,27)(H,28,30);(H,6,7). The number of carboxylic acid groups (broad SMARTS) is 1. The van der Waals surface area contributed by atoms with Crippen molar-refractivity contribution in [2.75, 3.05) is 26.3 Å². The molecule has 38 heavy (non-hydrogen) atoms. The van der Waals surface area contributed by atoms with Gasteiger partial charge in [0.2, 0.25) is 0 Å². The van der Waals surface area contributed by atoms with E-state index in [-0.39, 0.29) is 12.1 Å². The zero-order valence-corrected chi connectivity index (χ0v) is 19.8. The van der Waals surface area contributed by atoms with Crippen LogP contribution < -0.4 is 5.32 Å². The van der Waals surface area contributed by atoms with Crippen molar-refractivity contribution in [1.29, 1.82) is 0 Å². The number of hydrogen-bond donors (Lipinski definition) is 3. The Morgan fingerprint density at radius 1 is 1.03 bits per heavy atom. The lowest BCUT2D eigenvalue weighted by atomic mass is 9.99. The predicted molar refractivity (Wildman–Crippen MR) is 131 cm³/mol. The lowest BCUT2D eigenvalue weighted by Crippen LogP contribution is -2.47. The molecule has 196 valence electrons. The van der Waals surface area contributed by atoms with Crippen LogP contribution in [0.25, 0.3) is 33.5 Å². The first-order valence-electron chi connectivity index (χ1n) is 11.7. The average Bonchev–Trinajstić information content (AvgIpc) is 3.49. The van der Waals surface area contributed by atoms with E-state index in [1.54, 1.807) is 12.4 Å². The van der Waals surface area contributed by atoms with Gasteiger partial charge in [0.05, 0.1) is 36.5 Å². The fraction of sp³-hybridized carbons (Fsp3) is 0.231. The van der Waals surface area contributed by atoms with Crippen LogP contribution in [0.3, 0.4) is 0 Å². The molecule has 1 fully saturated rings. The van der Waals surface area contributed by atoms with Crippen molar-refractivity contribution in [2.24, 2.45) is 0 Å². The number of urea groups is 1. The number of nitrogens with one attached hydrogen (secondary N) is 2. The number of carboxylic acids is 1. The third-order valence-corrected chi connectivity index (χ3v) is 6.30. The summed E-state index contributed by atoms with van der Waals surface area (Å²) in [6.07, 6.45) is -1.55. The summed E-state index contributed by atoms with van der Waals surface area (Å²) >= 11 is 0. The number of aromatic nitrogens is 3. The summed E-state index contributed by atoms with van der Waals surface area (Å²) in [5, 5.41) is 10.4. The maximum Gasteiger partial charge on any atom is 0.490 e. The molecule has 0 spiro atoms. The van der Waals surface area contributed by atoms with E-state index in [9.17, 15) is 18.0 Å². The molecule has 3 heterocycles. The molecule has 0 saturated carbocycles. The number of hydrogen-bond acceptors (Lipinski definition) is 5. The number of carbonyl (C=O) groups is 2. The van der Waals surface area contributed by atoms with Gasteiger partial charge in [-0.15, -0.1) is 0 Å². The molecule has 1 unspecified atom stereocenters. The number of imidazole rings is 1. The van der Waals surface area contributed by atoms with E-state index in [0.29, 0.717) is 26.3 Å². The van der Waals surface area contributed by atoms with Gasteiger partial charge in [0.25, 0.3) is 0 Å². The zero-order valence-electron chi connectivity index (χ0n) is 19.8. The monoisotopic (exact) mass is 525 g/mol. The molecule has 3 N–H and O–H groups in total. The topological polar surface area (TPSA) is 120 Å². The van der Waals surface area contributed by atoms with Crippen molar-refractivity contribution in [2.45, 2.75) is 12.2 Å². The Kier molecular flexibility index (Phi) is 6.72. The van der Waals surface area contributed by atoms with Gasteiger partial charge in [0.15, 0.2) is 0 Å². The minimum Gasteiger partial charge on any atom is -0.475 e. The molecular weight excluding hydrogens is 503 g/mol. The summed E-state index contributed by atoms with van der Waals surface area (Å²) in [6, 6.07) is 16.1. The number of morpholine rings is 1. The molecule has 12 heteroatoms. The van der Waals surface area contributed by atoms with E-state index in [1.165, 1.54) is 0 Å². The largest absolute Gasteiger partial charge is 0.490 e. The second-order valence-electron chi connectivity index (χ2n) is 8.62. The lowest BCUT2D eigenvalue weighted by molar-refractivity contribution is -0.192. The maximum atomic E-state index is 13.0. The van der Waals surface area contributed by atoms with E-state index >= 15 is 0 Å². The van der Waals surface area contributed by atoms with Crippen LogP contribution in [-0.2, 0) is 9.53 Å². The molecule has 1 aliphatic heterocycles. The number of benzene rings is 2. The van der Waals surface area contributed by atoms with Crippen LogP contribution in [0.5, 0.6) is 0 Å². The number of rotatable bonds is 2. The summed E-state index contributed by atoms with van der Waals surface area (Å²) < 4.78 is 37.1. The van der Waals surface area contributed by atoms with Crippen LogP contribution in [0.2, 0.25) is 0 Å². The summed E-state index contributed by atoms with van der Waals surface area (Å²) in [7, 11) is 0. The predicted octanol–water partition coefficient (Wildman–Crippen LogP) is 4.37. The number of alkyl halides is 3. The Hall–Kier alpha value is -4.45. The molecule has 0 radical (unpaired) electrons. The second-order valence-corrected chi connectivity index (χ2v) is 8.62. The molecule has 1 aliphatic carbocycles. The Morgan fingerprint density at radius 2 is 1.71 bits per heavy atom. The van der Waals surface area contributed by atoms with Gasteiger partial charge in [-0.1, -0.05) is 42.5 Å². The van der Waals surface area contributed by atoms with Crippen LogP contribution in [0.1, 0.15) is 17.2 Å². The van der Waals surface area contributed by atoms with Gasteiger partial charge in [0, 0.05) is 24.8 Å². The summed E-state index contributed by atoms with van der Waals surface area (Å²) in [6.45, 7) is 2.38. The number of carbonyl (C=O) groups excluding carboxylic acids is 1. The van der Waals surface area contributed by atoms with E-state index in [4.69, 9.17) is 19.6 Å². The van der Waals surface area contributed by atoms with Crippen molar-refractivity contribution >= 4 is 23.0 Å². The Balaban J connectivity index is 0.000000374. The average molecular weight is 525 g/mol. The molecule has 2 amide bonds. The third-order valence-electron chi connectivity index (χ3n) is 6.30. The maximum absolute atomic E-state index is 13.0. The number of H-pyrrole nitrogens is 1. The summed E-state index contributed by atoms with van der Waals surface area (Å²) in [5.41, 5.74) is 7.22. The van der Waals surface area contributed by atoms with E-state index in [2.05, 4.69) is 39.6 Å². The quantitative estimate of drug-likeness (QED) is 0.358. The first kappa shape index (κ1) is 25.2. The van der Waals surface area contributed by atoms with E-state index in [0.717, 1.165) is 44.7 Å². The Morgan fingerprint density at radius 3 is 2.42 bits per heavy atom. The lowest BCUT2D eigenvalue weighted by Gasteiger charge is -2.29. The Bertz CT molecular complexity index is 1460. The van der Waals surface area contributed by atoms with Crippen LogP contribution in [0.15, 0.2) is 60.9 Å². The highest BCUT2D eigenvalue weighted by molar-refractivity contribution is 5.92. The first-order chi connectivity index (χ1) is 18.2. The van der Waals surface area contributed by atoms with Gasteiger partial charge in [-0.2, -0.15) is 13.2 Å². The van der Waals surface area contributed by atoms with E-state index in [1.807, 2.05) is 29.2 Å². The number of aliphatic carboxylic acids is 1. The number of fused-ring (bicyclic) bond motifs is 4. The highest BCUT2D eigenvalue weighted by Gasteiger charge is 2.38. The van der Waals surface area contributed by atoms with Crippen molar-refractivity contribution in [1.82, 2.24) is 25.2 Å². The molecule has 1 saturated heterocycles. The van der Waals surface area contributed by atoms with E-state index < -0.39 is 12.1 Å². The zero-order chi connectivity index (χ0) is 26.9. The van der Waals surface area contributed by atoms with Gasteiger partial charge in [-0.25, -0.2) is 14.6 Å². The van der Waals surface area contributed by atoms with Crippen LogP contribution in [0.4, 0.5) is 18.0 Å². The van der Waals surface area contributed by atoms with Crippen molar-refractivity contribution in [3.8, 4) is 22.5 Å². The molecule has 2 aromatic heterocycles. The van der Waals surface area contributed by atoms with Crippen LogP contribution >= 0.6 is 0 Å². The summed E-state index contributed by atoms with van der Waals surface area (Å²) in [4.78, 5) is 36.1. The van der Waals surface area contributed by atoms with Crippen LogP contribution in [0, 0.1) is 0 Å². The molecule has 1 atom stereocenters. The fourth-order valence-electron chi connectivity index (χ4n) is 4.57. The highest BCUT2D eigenvalue weighted by Crippen LogP contribution is 2.47. The highest BCUT2D eigenvalue weighted by atomic mass is 19.4. The van der Waals surface area contributed by atoms with Crippen molar-refractivity contribution in [3.05, 3.63) is 72.1 Å². The Labute approximate surface area is 214 Å². The van der Waals surface area contributed by atoms with Gasteiger partial charge < -0.3 is 25.0 Å². The molecule has 0 bridgehead atoms. The smallest absolute Gasteiger partial charge is 0.475 e. The fourth-order valence-corrected chi connectivity index (χ4v) is 4.57. The minimum atomic E-state index is -5.08. The summed E-state index contributed by atoms with van der Waals surface area (Å²) in [5.74, 6) is -1.96. The first-order valence-corrected chi connectivity index (χ1v) is 11.7. The molecular formula is C26H22F3N5O4. The van der Waals surface area contributed by atoms with Gasteiger partial charge in [0.1, 0.15) is 5.82 Å². The normalized spacial score (nSPS) is 16.3. The SMILES string of the molecule is O=C(NC1c2ccccc2-c2c(-c3nc4ccncc4[nH]3)cccc21)N1CCOCC1.O=C(O)C(F)(F)F. The van der Waals surface area contributed by atoms with Gasteiger partial charge in [-0.05, 0) is 28.3 Å². The third kappa shape index (κ3) is 4.90. The molecule has 2 aliphatic rings. The number of ether oxygens (including phenoxy) is 1. The van der Waals surface area contributed by atoms with Crippen molar-refractivity contribution < 1.29 is 32.6 Å². The molecule has 4 aromatic rings. The molecule has 6 rings (SSSR count). The number of pyridine rings is 1. The van der Waals surface area contributed by atoms with Gasteiger partial charge in [-0.3, -0.25) is 4.98 Å². The van der Waals surface area contributed by atoms with Crippen molar-refractivity contribution in [3.63, 3.8) is 0 Å². The number of amides is 2.